The van der Waals surface area contributed by atoms with Crippen LogP contribution in [0.15, 0.2) is 18.2 Å². The fraction of sp³-hybridized carbons (Fsp3) is 0.579. The summed E-state index contributed by atoms with van der Waals surface area (Å²) in [7, 11) is 0. The van der Waals surface area contributed by atoms with E-state index in [0.29, 0.717) is 13.0 Å². The molecular weight excluding hydrogens is 360 g/mol. The third-order valence-corrected chi connectivity index (χ3v) is 4.23. The first-order valence-corrected chi connectivity index (χ1v) is 8.93. The van der Waals surface area contributed by atoms with E-state index in [1.54, 1.807) is 32.9 Å². The summed E-state index contributed by atoms with van der Waals surface area (Å²) >= 11 is 0. The van der Waals surface area contributed by atoms with Crippen LogP contribution < -0.4 is 9.47 Å². The van der Waals surface area contributed by atoms with Gasteiger partial charge in [-0.3, -0.25) is 9.59 Å². The van der Waals surface area contributed by atoms with Crippen molar-refractivity contribution in [2.75, 3.05) is 6.54 Å². The quantitative estimate of drug-likeness (QED) is 0.670. The molecule has 1 aromatic rings. The molecule has 1 fully saturated rings. The molecule has 0 aromatic heterocycles. The summed E-state index contributed by atoms with van der Waals surface area (Å²) in [6, 6.07) is 4.74. The number of alkyl halides is 2. The van der Waals surface area contributed by atoms with Crippen molar-refractivity contribution in [2.45, 2.75) is 65.4 Å². The lowest BCUT2D eigenvalue weighted by Gasteiger charge is -2.22. The zero-order valence-electron chi connectivity index (χ0n) is 15.9. The van der Waals surface area contributed by atoms with Crippen molar-refractivity contribution in [3.63, 3.8) is 0 Å². The van der Waals surface area contributed by atoms with Crippen LogP contribution in [-0.4, -0.2) is 42.3 Å². The number of nitrogens with zero attached hydrogens (tertiary/aromatic N) is 1. The molecule has 2 rings (SSSR count). The van der Waals surface area contributed by atoms with E-state index in [0.717, 1.165) is 5.56 Å². The van der Waals surface area contributed by atoms with Gasteiger partial charge in [0.25, 0.3) is 0 Å². The minimum absolute atomic E-state index is 0.0437. The van der Waals surface area contributed by atoms with E-state index in [1.165, 1.54) is 17.9 Å². The summed E-state index contributed by atoms with van der Waals surface area (Å²) in [6.07, 6.45) is -0.206. The lowest BCUT2D eigenvalue weighted by atomic mass is 9.97. The third-order valence-electron chi connectivity index (χ3n) is 4.23. The molecule has 0 spiro atoms. The summed E-state index contributed by atoms with van der Waals surface area (Å²) in [5.41, 5.74) is 0.800. The van der Waals surface area contributed by atoms with Gasteiger partial charge in [0.05, 0.1) is 6.10 Å². The van der Waals surface area contributed by atoms with E-state index in [1.807, 2.05) is 0 Å². The van der Waals surface area contributed by atoms with Gasteiger partial charge in [-0.05, 0) is 31.5 Å². The average Bonchev–Trinajstić information content (AvgIpc) is 2.99. The minimum Gasteiger partial charge on any atom is -0.487 e. The summed E-state index contributed by atoms with van der Waals surface area (Å²) in [4.78, 5) is 25.0. The molecule has 1 saturated heterocycles. The average molecular weight is 385 g/mol. The number of carbonyl (C=O) groups is 2. The number of amides is 1. The normalized spacial score (nSPS) is 19.5. The van der Waals surface area contributed by atoms with Crippen molar-refractivity contribution in [2.24, 2.45) is 0 Å². The molecule has 8 heteroatoms. The lowest BCUT2D eigenvalue weighted by Crippen LogP contribution is -2.36. The maximum atomic E-state index is 12.6. The van der Waals surface area contributed by atoms with Crippen LogP contribution in [0, 0.1) is 0 Å². The Kier molecular flexibility index (Phi) is 6.98. The van der Waals surface area contributed by atoms with Crippen molar-refractivity contribution in [3.05, 3.63) is 23.8 Å². The molecule has 0 unspecified atom stereocenters. The fourth-order valence-corrected chi connectivity index (χ4v) is 3.04. The van der Waals surface area contributed by atoms with Gasteiger partial charge in [0, 0.05) is 32.2 Å². The Hall–Kier alpha value is -2.38. The Morgan fingerprint density at radius 1 is 1.22 bits per heavy atom. The topological polar surface area (TPSA) is 65.1 Å². The number of carbonyl (C=O) groups excluding carboxylic acids is 2. The maximum absolute atomic E-state index is 12.6. The monoisotopic (exact) mass is 385 g/mol. The molecule has 0 bridgehead atoms. The summed E-state index contributed by atoms with van der Waals surface area (Å²) in [5.74, 6) is -0.512. The Bertz CT molecular complexity index is 680. The maximum Gasteiger partial charge on any atom is 0.387 e. The Morgan fingerprint density at radius 2 is 1.93 bits per heavy atom. The standard InChI is InChI=1S/C19H25F2NO5/c1-5-18(24)27-17-9-14(10-22(17)12(4)23)13-6-7-15(26-19(20)21)16(8-13)25-11(2)3/h6-8,11,14,17,19H,5,9-10H2,1-4H3/t14-,17-/m1/s1. The smallest absolute Gasteiger partial charge is 0.387 e. The number of hydrogen-bond donors (Lipinski definition) is 0. The summed E-state index contributed by atoms with van der Waals surface area (Å²) in [6.45, 7) is 4.08. The van der Waals surface area contributed by atoms with E-state index in [2.05, 4.69) is 4.74 Å². The zero-order valence-corrected chi connectivity index (χ0v) is 15.9. The molecule has 1 aliphatic heterocycles. The van der Waals surface area contributed by atoms with Crippen LogP contribution in [0.4, 0.5) is 8.78 Å². The van der Waals surface area contributed by atoms with Gasteiger partial charge in [-0.1, -0.05) is 13.0 Å². The molecule has 6 nitrogen and oxygen atoms in total. The number of esters is 1. The summed E-state index contributed by atoms with van der Waals surface area (Å²) in [5, 5.41) is 0. The highest BCUT2D eigenvalue weighted by Crippen LogP contribution is 2.38. The van der Waals surface area contributed by atoms with Gasteiger partial charge >= 0.3 is 12.6 Å². The van der Waals surface area contributed by atoms with E-state index in [-0.39, 0.29) is 41.8 Å². The van der Waals surface area contributed by atoms with Crippen molar-refractivity contribution in [1.29, 1.82) is 0 Å². The van der Waals surface area contributed by atoms with Gasteiger partial charge in [-0.15, -0.1) is 0 Å². The molecule has 1 amide bonds. The number of likely N-dealkylation sites (tertiary alicyclic amines) is 1. The third kappa shape index (κ3) is 5.55. The van der Waals surface area contributed by atoms with Crippen LogP contribution in [0.2, 0.25) is 0 Å². The lowest BCUT2D eigenvalue weighted by molar-refractivity contribution is -0.160. The SMILES string of the molecule is CCC(=O)O[C@@H]1C[C@@H](c2ccc(OC(F)F)c(OC(C)C)c2)CN1C(C)=O. The number of hydrogen-bond acceptors (Lipinski definition) is 5. The van der Waals surface area contributed by atoms with Crippen LogP contribution in [0.1, 0.15) is 52.0 Å². The molecule has 1 aromatic carbocycles. The highest BCUT2D eigenvalue weighted by molar-refractivity contribution is 5.75. The molecule has 2 atom stereocenters. The highest BCUT2D eigenvalue weighted by Gasteiger charge is 2.37. The first-order valence-electron chi connectivity index (χ1n) is 8.93. The Morgan fingerprint density at radius 3 is 2.48 bits per heavy atom. The number of ether oxygens (including phenoxy) is 3. The molecule has 1 aliphatic rings. The van der Waals surface area contributed by atoms with Crippen LogP contribution in [0.5, 0.6) is 11.5 Å². The molecular formula is C19H25F2NO5. The van der Waals surface area contributed by atoms with Crippen molar-refractivity contribution in [3.8, 4) is 11.5 Å². The molecule has 0 N–H and O–H groups in total. The molecule has 27 heavy (non-hydrogen) atoms. The van der Waals surface area contributed by atoms with Gasteiger partial charge < -0.3 is 19.1 Å². The highest BCUT2D eigenvalue weighted by atomic mass is 19.3. The van der Waals surface area contributed by atoms with Crippen LogP contribution in [-0.2, 0) is 14.3 Å². The van der Waals surface area contributed by atoms with Crippen molar-refractivity contribution < 1.29 is 32.6 Å². The van der Waals surface area contributed by atoms with Gasteiger partial charge in [-0.2, -0.15) is 8.78 Å². The molecule has 1 heterocycles. The Balaban J connectivity index is 2.25. The van der Waals surface area contributed by atoms with E-state index < -0.39 is 12.8 Å². The summed E-state index contributed by atoms with van der Waals surface area (Å²) < 4.78 is 40.7. The largest absolute Gasteiger partial charge is 0.487 e. The second-order valence-electron chi connectivity index (χ2n) is 6.65. The fourth-order valence-electron chi connectivity index (χ4n) is 3.04. The second kappa shape index (κ2) is 9.01. The Labute approximate surface area is 157 Å². The molecule has 0 saturated carbocycles. The molecule has 0 aliphatic carbocycles. The van der Waals surface area contributed by atoms with Crippen LogP contribution in [0.25, 0.3) is 0 Å². The molecule has 0 radical (unpaired) electrons. The van der Waals surface area contributed by atoms with Gasteiger partial charge in [-0.25, -0.2) is 0 Å². The van der Waals surface area contributed by atoms with Crippen molar-refractivity contribution >= 4 is 11.9 Å². The predicted octanol–water partition coefficient (Wildman–Crippen LogP) is 3.69. The number of halogens is 2. The second-order valence-corrected chi connectivity index (χ2v) is 6.65. The predicted molar refractivity (Wildman–Crippen MR) is 93.8 cm³/mol. The number of rotatable bonds is 7. The minimum atomic E-state index is -2.96. The van der Waals surface area contributed by atoms with Crippen LogP contribution in [0.3, 0.4) is 0 Å². The van der Waals surface area contributed by atoms with E-state index >= 15 is 0 Å². The van der Waals surface area contributed by atoms with E-state index in [4.69, 9.17) is 9.47 Å². The van der Waals surface area contributed by atoms with Crippen LogP contribution >= 0.6 is 0 Å². The number of benzene rings is 1. The van der Waals surface area contributed by atoms with Gasteiger partial charge in [0.15, 0.2) is 17.7 Å². The first-order chi connectivity index (χ1) is 12.7. The molecule has 150 valence electrons. The van der Waals surface area contributed by atoms with Crippen molar-refractivity contribution in [1.82, 2.24) is 4.90 Å². The first kappa shape index (κ1) is 20.9. The van der Waals surface area contributed by atoms with Gasteiger partial charge in [0.2, 0.25) is 5.91 Å². The van der Waals surface area contributed by atoms with E-state index in [9.17, 15) is 18.4 Å². The van der Waals surface area contributed by atoms with Gasteiger partial charge in [0.1, 0.15) is 0 Å². The zero-order chi connectivity index (χ0) is 20.1.